The quantitative estimate of drug-likeness (QED) is 0.557. The second-order valence-corrected chi connectivity index (χ2v) is 5.91. The van der Waals surface area contributed by atoms with Crippen LogP contribution in [0, 0.1) is 22.7 Å². The number of fused-ring (bicyclic) bond motifs is 1. The SMILES string of the molecule is Cn1cc(-c2cc(OCc3ccnc(C#N)c3)c3c(C#N)cnn3c2)cn1. The Balaban J connectivity index is 1.76. The van der Waals surface area contributed by atoms with Gasteiger partial charge in [0, 0.05) is 36.8 Å². The van der Waals surface area contributed by atoms with Crippen molar-refractivity contribution in [1.82, 2.24) is 24.4 Å². The van der Waals surface area contributed by atoms with Crippen molar-refractivity contribution >= 4 is 5.52 Å². The first-order chi connectivity index (χ1) is 13.2. The van der Waals surface area contributed by atoms with Crippen molar-refractivity contribution in [2.45, 2.75) is 6.61 Å². The van der Waals surface area contributed by atoms with E-state index in [0.29, 0.717) is 22.5 Å². The van der Waals surface area contributed by atoms with Crippen LogP contribution in [0.15, 0.2) is 49.2 Å². The predicted molar refractivity (Wildman–Crippen MR) is 95.4 cm³/mol. The van der Waals surface area contributed by atoms with Crippen molar-refractivity contribution < 1.29 is 4.74 Å². The molecule has 0 atom stereocenters. The number of aromatic nitrogens is 5. The number of pyridine rings is 2. The fourth-order valence-electron chi connectivity index (χ4n) is 2.79. The molecule has 0 saturated carbocycles. The van der Waals surface area contributed by atoms with Crippen LogP contribution in [0.2, 0.25) is 0 Å². The van der Waals surface area contributed by atoms with Gasteiger partial charge in [-0.3, -0.25) is 4.68 Å². The largest absolute Gasteiger partial charge is 0.487 e. The molecule has 0 saturated heterocycles. The molecule has 8 heteroatoms. The Kier molecular flexibility index (Phi) is 4.00. The fourth-order valence-corrected chi connectivity index (χ4v) is 2.79. The molecule has 0 aliphatic rings. The smallest absolute Gasteiger partial charge is 0.147 e. The molecule has 130 valence electrons. The third kappa shape index (κ3) is 3.08. The highest BCUT2D eigenvalue weighted by Crippen LogP contribution is 2.30. The van der Waals surface area contributed by atoms with E-state index in [4.69, 9.17) is 10.00 Å². The molecule has 0 aromatic carbocycles. The Morgan fingerprint density at radius 1 is 1.07 bits per heavy atom. The molecule has 4 aromatic rings. The highest BCUT2D eigenvalue weighted by Gasteiger charge is 2.14. The summed E-state index contributed by atoms with van der Waals surface area (Å²) in [5.41, 5.74) is 3.94. The second-order valence-electron chi connectivity index (χ2n) is 5.91. The lowest BCUT2D eigenvalue weighted by molar-refractivity contribution is 0.308. The minimum atomic E-state index is 0.236. The van der Waals surface area contributed by atoms with Crippen LogP contribution in [-0.4, -0.2) is 24.4 Å². The van der Waals surface area contributed by atoms with Gasteiger partial charge in [-0.15, -0.1) is 0 Å². The Labute approximate surface area is 154 Å². The van der Waals surface area contributed by atoms with Gasteiger partial charge in [-0.2, -0.15) is 20.7 Å². The third-order valence-electron chi connectivity index (χ3n) is 4.07. The molecule has 0 fully saturated rings. The summed E-state index contributed by atoms with van der Waals surface area (Å²) < 4.78 is 9.34. The maximum Gasteiger partial charge on any atom is 0.147 e. The number of ether oxygens (including phenoxy) is 1. The summed E-state index contributed by atoms with van der Waals surface area (Å²) in [4.78, 5) is 3.95. The molecule has 0 aliphatic carbocycles. The molecule has 0 aliphatic heterocycles. The molecule has 4 rings (SSSR count). The number of rotatable bonds is 4. The standard InChI is InChI=1S/C19H13N7O/c1-25-10-16(9-23-25)14-5-18(19-15(6-20)8-24-26(19)11-14)27-12-13-2-3-22-17(4-13)7-21/h2-5,8-11H,12H2,1H3. The average Bonchev–Trinajstić information content (AvgIpc) is 3.32. The Hall–Kier alpha value is -4.17. The summed E-state index contributed by atoms with van der Waals surface area (Å²) in [6.07, 6.45) is 8.55. The number of hydrogen-bond acceptors (Lipinski definition) is 6. The van der Waals surface area contributed by atoms with Crippen molar-refractivity contribution in [2.75, 3.05) is 0 Å². The van der Waals surface area contributed by atoms with Crippen LogP contribution < -0.4 is 4.74 Å². The van der Waals surface area contributed by atoms with Gasteiger partial charge in [0.15, 0.2) is 0 Å². The number of aryl methyl sites for hydroxylation is 1. The van der Waals surface area contributed by atoms with E-state index in [1.807, 2.05) is 31.6 Å². The molecular weight excluding hydrogens is 342 g/mol. The summed E-state index contributed by atoms with van der Waals surface area (Å²) in [6.45, 7) is 0.236. The summed E-state index contributed by atoms with van der Waals surface area (Å²) in [5, 5.41) is 26.8. The van der Waals surface area contributed by atoms with Crippen LogP contribution >= 0.6 is 0 Å². The van der Waals surface area contributed by atoms with E-state index in [2.05, 4.69) is 21.3 Å². The van der Waals surface area contributed by atoms with Gasteiger partial charge < -0.3 is 4.74 Å². The molecule has 27 heavy (non-hydrogen) atoms. The minimum Gasteiger partial charge on any atom is -0.487 e. The zero-order valence-corrected chi connectivity index (χ0v) is 14.4. The lowest BCUT2D eigenvalue weighted by Crippen LogP contribution is -2.00. The van der Waals surface area contributed by atoms with E-state index in [1.165, 1.54) is 6.20 Å². The van der Waals surface area contributed by atoms with Gasteiger partial charge in [-0.1, -0.05) is 0 Å². The van der Waals surface area contributed by atoms with Crippen LogP contribution in [0.3, 0.4) is 0 Å². The third-order valence-corrected chi connectivity index (χ3v) is 4.07. The highest BCUT2D eigenvalue weighted by molar-refractivity contribution is 5.75. The fraction of sp³-hybridized carbons (Fsp3) is 0.105. The van der Waals surface area contributed by atoms with Gasteiger partial charge in [0.2, 0.25) is 0 Å². The molecule has 0 spiro atoms. The Morgan fingerprint density at radius 2 is 1.96 bits per heavy atom. The van der Waals surface area contributed by atoms with Gasteiger partial charge in [-0.25, -0.2) is 9.50 Å². The van der Waals surface area contributed by atoms with E-state index >= 15 is 0 Å². The molecule has 0 amide bonds. The van der Waals surface area contributed by atoms with E-state index in [0.717, 1.165) is 16.7 Å². The first-order valence-electron chi connectivity index (χ1n) is 8.06. The molecular formula is C19H13N7O. The Bertz CT molecular complexity index is 1220. The topological polar surface area (TPSA) is 105 Å². The van der Waals surface area contributed by atoms with Crippen molar-refractivity contribution in [3.63, 3.8) is 0 Å². The first kappa shape index (κ1) is 16.3. The summed E-state index contributed by atoms with van der Waals surface area (Å²) in [7, 11) is 1.84. The molecule has 4 aromatic heterocycles. The lowest BCUT2D eigenvalue weighted by Gasteiger charge is -2.10. The Morgan fingerprint density at radius 3 is 2.70 bits per heavy atom. The van der Waals surface area contributed by atoms with Crippen molar-refractivity contribution in [2.24, 2.45) is 7.05 Å². The van der Waals surface area contributed by atoms with Crippen LogP contribution in [0.1, 0.15) is 16.8 Å². The molecule has 0 N–H and O–H groups in total. The number of nitriles is 2. The van der Waals surface area contributed by atoms with Crippen LogP contribution in [-0.2, 0) is 13.7 Å². The van der Waals surface area contributed by atoms with Crippen molar-refractivity contribution in [1.29, 1.82) is 10.5 Å². The maximum atomic E-state index is 9.38. The second kappa shape index (κ2) is 6.62. The van der Waals surface area contributed by atoms with Gasteiger partial charge in [-0.05, 0) is 23.8 Å². The predicted octanol–water partition coefficient (Wildman–Crippen LogP) is 2.45. The maximum absolute atomic E-state index is 9.38. The summed E-state index contributed by atoms with van der Waals surface area (Å²) in [5.74, 6) is 0.528. The van der Waals surface area contributed by atoms with E-state index in [-0.39, 0.29) is 6.61 Å². The monoisotopic (exact) mass is 355 g/mol. The number of nitrogens with zero attached hydrogens (tertiary/aromatic N) is 7. The van der Waals surface area contributed by atoms with Crippen molar-refractivity contribution in [3.8, 4) is 29.0 Å². The van der Waals surface area contributed by atoms with Crippen LogP contribution in [0.4, 0.5) is 0 Å². The molecule has 0 unspecified atom stereocenters. The van der Waals surface area contributed by atoms with Gasteiger partial charge >= 0.3 is 0 Å². The zero-order valence-electron chi connectivity index (χ0n) is 14.4. The zero-order chi connectivity index (χ0) is 18.8. The van der Waals surface area contributed by atoms with Gasteiger partial charge in [0.25, 0.3) is 0 Å². The highest BCUT2D eigenvalue weighted by atomic mass is 16.5. The minimum absolute atomic E-state index is 0.236. The van der Waals surface area contributed by atoms with E-state index in [9.17, 15) is 5.26 Å². The molecule has 0 radical (unpaired) electrons. The van der Waals surface area contributed by atoms with E-state index < -0.39 is 0 Å². The molecule has 8 nitrogen and oxygen atoms in total. The first-order valence-corrected chi connectivity index (χ1v) is 8.06. The molecule has 4 heterocycles. The van der Waals surface area contributed by atoms with Crippen LogP contribution in [0.5, 0.6) is 5.75 Å². The normalized spacial score (nSPS) is 10.5. The van der Waals surface area contributed by atoms with Crippen LogP contribution in [0.25, 0.3) is 16.6 Å². The molecule has 0 bridgehead atoms. The number of hydrogen-bond donors (Lipinski definition) is 0. The van der Waals surface area contributed by atoms with Gasteiger partial charge in [0.05, 0.1) is 12.4 Å². The summed E-state index contributed by atoms with van der Waals surface area (Å²) >= 11 is 0. The average molecular weight is 355 g/mol. The van der Waals surface area contributed by atoms with E-state index in [1.54, 1.807) is 33.7 Å². The van der Waals surface area contributed by atoms with Crippen molar-refractivity contribution in [3.05, 3.63) is 66.0 Å². The lowest BCUT2D eigenvalue weighted by atomic mass is 10.1. The summed E-state index contributed by atoms with van der Waals surface area (Å²) in [6, 6.07) is 9.46. The van der Waals surface area contributed by atoms with Gasteiger partial charge in [0.1, 0.15) is 41.3 Å².